The number of carbonyl (C=O) groups excluding carboxylic acids is 2. The number of aryl methyl sites for hydroxylation is 1. The molecule has 7 nitrogen and oxygen atoms in total. The number of amides is 2. The summed E-state index contributed by atoms with van der Waals surface area (Å²) in [4.78, 5) is 29.9. The van der Waals surface area contributed by atoms with Crippen LogP contribution in [0, 0.1) is 6.92 Å². The highest BCUT2D eigenvalue weighted by molar-refractivity contribution is 7.92. The predicted octanol–water partition coefficient (Wildman–Crippen LogP) is 6.40. The molecule has 0 unspecified atom stereocenters. The van der Waals surface area contributed by atoms with Crippen LogP contribution in [-0.2, 0) is 32.6 Å². The largest absolute Gasteiger partial charge is 0.350 e. The zero-order chi connectivity index (χ0) is 31.9. The summed E-state index contributed by atoms with van der Waals surface area (Å²) in [5.74, 6) is -0.841. The Morgan fingerprint density at radius 2 is 1.41 bits per heavy atom. The third-order valence-corrected chi connectivity index (χ3v) is 8.98. The summed E-state index contributed by atoms with van der Waals surface area (Å²) in [5.41, 5.74) is 2.30. The normalized spacial score (nSPS) is 12.3. The van der Waals surface area contributed by atoms with E-state index in [0.717, 1.165) is 21.0 Å². The maximum atomic E-state index is 14.5. The molecule has 0 radical (unpaired) electrons. The number of benzene rings is 4. The van der Waals surface area contributed by atoms with Gasteiger partial charge in [0.25, 0.3) is 10.0 Å². The van der Waals surface area contributed by atoms with E-state index in [9.17, 15) is 18.0 Å². The topological polar surface area (TPSA) is 86.8 Å². The molecule has 1 atom stereocenters. The van der Waals surface area contributed by atoms with Gasteiger partial charge in [-0.3, -0.25) is 13.9 Å². The molecule has 0 aliphatic heterocycles. The van der Waals surface area contributed by atoms with Crippen molar-refractivity contribution in [1.29, 1.82) is 0 Å². The zero-order valence-electron chi connectivity index (χ0n) is 25.4. The predicted molar refractivity (Wildman–Crippen MR) is 176 cm³/mol. The first kappa shape index (κ1) is 32.8. The van der Waals surface area contributed by atoms with Crippen molar-refractivity contribution in [3.05, 3.63) is 131 Å². The summed E-state index contributed by atoms with van der Waals surface area (Å²) in [6, 6.07) is 30.7. The van der Waals surface area contributed by atoms with Crippen molar-refractivity contribution in [2.24, 2.45) is 0 Å². The number of hydrogen-bond acceptors (Lipinski definition) is 4. The first-order valence-electron chi connectivity index (χ1n) is 14.4. The first-order valence-corrected chi connectivity index (χ1v) is 16.2. The zero-order valence-corrected chi connectivity index (χ0v) is 27.0. The van der Waals surface area contributed by atoms with Crippen LogP contribution in [0.15, 0.2) is 114 Å². The molecule has 9 heteroatoms. The smallest absolute Gasteiger partial charge is 0.264 e. The number of sulfonamides is 1. The van der Waals surface area contributed by atoms with E-state index in [1.165, 1.54) is 29.2 Å². The summed E-state index contributed by atoms with van der Waals surface area (Å²) in [5, 5.41) is 3.43. The molecule has 4 rings (SSSR count). The van der Waals surface area contributed by atoms with Crippen molar-refractivity contribution in [1.82, 2.24) is 10.2 Å². The van der Waals surface area contributed by atoms with Crippen molar-refractivity contribution in [2.45, 2.75) is 57.1 Å². The number of halogens is 1. The van der Waals surface area contributed by atoms with Gasteiger partial charge >= 0.3 is 0 Å². The Balaban J connectivity index is 1.80. The highest BCUT2D eigenvalue weighted by Gasteiger charge is 2.35. The average molecular weight is 632 g/mol. The monoisotopic (exact) mass is 631 g/mol. The summed E-state index contributed by atoms with van der Waals surface area (Å²) in [6.45, 7) is 7.09. The second-order valence-corrected chi connectivity index (χ2v) is 14.1. The summed E-state index contributed by atoms with van der Waals surface area (Å²) in [6.07, 6.45) is 0.246. The van der Waals surface area contributed by atoms with Crippen molar-refractivity contribution in [3.63, 3.8) is 0 Å². The third-order valence-electron chi connectivity index (χ3n) is 6.94. The van der Waals surface area contributed by atoms with E-state index in [1.807, 2.05) is 94.4 Å². The maximum absolute atomic E-state index is 14.5. The van der Waals surface area contributed by atoms with E-state index in [2.05, 4.69) is 5.32 Å². The molecule has 230 valence electrons. The van der Waals surface area contributed by atoms with Crippen LogP contribution in [0.1, 0.15) is 37.5 Å². The molecule has 0 saturated carbocycles. The number of carbonyl (C=O) groups is 2. The lowest BCUT2D eigenvalue weighted by Gasteiger charge is -2.35. The van der Waals surface area contributed by atoms with Gasteiger partial charge in [0.15, 0.2) is 0 Å². The molecule has 4 aromatic rings. The van der Waals surface area contributed by atoms with Crippen molar-refractivity contribution in [2.75, 3.05) is 10.8 Å². The molecule has 44 heavy (non-hydrogen) atoms. The minimum absolute atomic E-state index is 0.00266. The molecule has 2 amide bonds. The van der Waals surface area contributed by atoms with E-state index in [1.54, 1.807) is 18.2 Å². The molecule has 0 aromatic heterocycles. The standard InChI is InChI=1S/C35H38ClN3O4S/c1-26-12-11-17-30(22-26)39(44(42,43)31-20-18-29(36)19-21-31)25-33(40)38(24-28-15-9-6-10-16-28)32(34(41)37-35(2,3)4)23-27-13-7-5-8-14-27/h5-22,32H,23-25H2,1-4H3,(H,37,41)/t32-/m0/s1. The van der Waals surface area contributed by atoms with Crippen LogP contribution in [0.5, 0.6) is 0 Å². The Kier molecular flexibility index (Phi) is 10.5. The Labute approximate surface area is 265 Å². The van der Waals surface area contributed by atoms with Crippen molar-refractivity contribution >= 4 is 39.1 Å². The van der Waals surface area contributed by atoms with E-state index in [0.29, 0.717) is 10.7 Å². The fourth-order valence-corrected chi connectivity index (χ4v) is 6.36. The molecule has 1 N–H and O–H groups in total. The van der Waals surface area contributed by atoms with E-state index in [-0.39, 0.29) is 23.8 Å². The van der Waals surface area contributed by atoms with Gasteiger partial charge in [0, 0.05) is 23.5 Å². The van der Waals surface area contributed by atoms with Crippen LogP contribution in [0.2, 0.25) is 5.02 Å². The van der Waals surface area contributed by atoms with Crippen molar-refractivity contribution in [3.8, 4) is 0 Å². The van der Waals surface area contributed by atoms with Crippen LogP contribution < -0.4 is 9.62 Å². The van der Waals surface area contributed by atoms with Crippen LogP contribution in [-0.4, -0.2) is 43.3 Å². The Bertz CT molecular complexity index is 1670. The number of hydrogen-bond donors (Lipinski definition) is 1. The molecule has 0 saturated heterocycles. The van der Waals surface area contributed by atoms with Gasteiger partial charge in [-0.25, -0.2) is 8.42 Å². The summed E-state index contributed by atoms with van der Waals surface area (Å²) < 4.78 is 29.3. The maximum Gasteiger partial charge on any atom is 0.264 e. The minimum atomic E-state index is -4.20. The van der Waals surface area contributed by atoms with E-state index >= 15 is 0 Å². The first-order chi connectivity index (χ1) is 20.8. The Morgan fingerprint density at radius 3 is 1.98 bits per heavy atom. The lowest BCUT2D eigenvalue weighted by Crippen LogP contribution is -2.56. The molecule has 0 bridgehead atoms. The molecule has 0 fully saturated rings. The Hall–Kier alpha value is -4.14. The molecular weight excluding hydrogens is 594 g/mol. The molecule has 0 aliphatic carbocycles. The van der Waals surface area contributed by atoms with Gasteiger partial charge in [-0.2, -0.15) is 0 Å². The van der Waals surface area contributed by atoms with Gasteiger partial charge in [0.05, 0.1) is 10.6 Å². The fourth-order valence-electron chi connectivity index (χ4n) is 4.83. The van der Waals surface area contributed by atoms with Crippen LogP contribution in [0.3, 0.4) is 0 Å². The lowest BCUT2D eigenvalue weighted by atomic mass is 10.0. The quantitative estimate of drug-likeness (QED) is 0.208. The van der Waals surface area contributed by atoms with E-state index in [4.69, 9.17) is 11.6 Å². The van der Waals surface area contributed by atoms with Crippen molar-refractivity contribution < 1.29 is 18.0 Å². The van der Waals surface area contributed by atoms with E-state index < -0.39 is 34.1 Å². The minimum Gasteiger partial charge on any atom is -0.350 e. The number of nitrogens with zero attached hydrogens (tertiary/aromatic N) is 2. The highest BCUT2D eigenvalue weighted by Crippen LogP contribution is 2.27. The van der Waals surface area contributed by atoms with Gasteiger partial charge in [0.2, 0.25) is 11.8 Å². The van der Waals surface area contributed by atoms with Crippen LogP contribution in [0.4, 0.5) is 5.69 Å². The molecule has 0 heterocycles. The second-order valence-electron chi connectivity index (χ2n) is 11.8. The second kappa shape index (κ2) is 14.1. The number of rotatable bonds is 11. The fraction of sp³-hybridized carbons (Fsp3) is 0.257. The summed E-state index contributed by atoms with van der Waals surface area (Å²) >= 11 is 6.05. The van der Waals surface area contributed by atoms with Gasteiger partial charge in [-0.05, 0) is 80.8 Å². The summed E-state index contributed by atoms with van der Waals surface area (Å²) in [7, 11) is -4.20. The lowest BCUT2D eigenvalue weighted by molar-refractivity contribution is -0.140. The molecule has 0 aliphatic rings. The SMILES string of the molecule is Cc1cccc(N(CC(=O)N(Cc2ccccc2)[C@@H](Cc2ccccc2)C(=O)NC(C)(C)C)S(=O)(=O)c2ccc(Cl)cc2)c1. The number of anilines is 1. The average Bonchev–Trinajstić information content (AvgIpc) is 2.98. The van der Waals surface area contributed by atoms with Gasteiger partial charge in [-0.1, -0.05) is 84.4 Å². The van der Waals surface area contributed by atoms with Gasteiger partial charge < -0.3 is 10.2 Å². The molecular formula is C35H38ClN3O4S. The highest BCUT2D eigenvalue weighted by atomic mass is 35.5. The molecule has 4 aromatic carbocycles. The van der Waals surface area contributed by atoms with Gasteiger partial charge in [0.1, 0.15) is 12.6 Å². The van der Waals surface area contributed by atoms with Crippen LogP contribution >= 0.6 is 11.6 Å². The Morgan fingerprint density at radius 1 is 0.818 bits per heavy atom. The van der Waals surface area contributed by atoms with Crippen LogP contribution in [0.25, 0.3) is 0 Å². The number of nitrogens with one attached hydrogen (secondary N) is 1. The molecule has 0 spiro atoms. The van der Waals surface area contributed by atoms with Gasteiger partial charge in [-0.15, -0.1) is 0 Å². The third kappa shape index (κ3) is 8.71.